The topological polar surface area (TPSA) is 101 Å². The monoisotopic (exact) mass is 508 g/mol. The fraction of sp³-hybridized carbons (Fsp3) is 0.348. The van der Waals surface area contributed by atoms with Crippen LogP contribution >= 0.6 is 23.8 Å². The molecule has 3 N–H and O–H groups in total. The second-order valence-corrected chi connectivity index (χ2v) is 9.45. The van der Waals surface area contributed by atoms with Gasteiger partial charge in [0.1, 0.15) is 23.5 Å². The van der Waals surface area contributed by atoms with Crippen LogP contribution in [-0.4, -0.2) is 39.4 Å². The van der Waals surface area contributed by atoms with Gasteiger partial charge in [-0.05, 0) is 57.1 Å². The van der Waals surface area contributed by atoms with Crippen LogP contribution in [0.5, 0.6) is 5.75 Å². The van der Waals surface area contributed by atoms with Gasteiger partial charge in [0.05, 0.1) is 23.4 Å². The van der Waals surface area contributed by atoms with Crippen LogP contribution < -0.4 is 15.6 Å². The zero-order valence-corrected chi connectivity index (χ0v) is 20.8. The number of hydrogen-bond acceptors (Lipinski definition) is 5. The highest BCUT2D eigenvalue weighted by Crippen LogP contribution is 2.30. The first-order valence-corrected chi connectivity index (χ1v) is 11.2. The third-order valence-corrected chi connectivity index (χ3v) is 5.56. The van der Waals surface area contributed by atoms with Crippen LogP contribution in [0.2, 0.25) is 5.02 Å². The Balaban J connectivity index is 1.74. The molecule has 0 aliphatic heterocycles. The van der Waals surface area contributed by atoms with Crippen molar-refractivity contribution in [2.24, 2.45) is 0 Å². The number of alkyl carbamates (subject to hydrolysis) is 1. The van der Waals surface area contributed by atoms with Gasteiger partial charge in [-0.25, -0.2) is 9.18 Å². The van der Waals surface area contributed by atoms with Crippen LogP contribution in [0, 0.1) is 11.7 Å². The lowest BCUT2D eigenvalue weighted by atomic mass is 10.2. The molecule has 0 fully saturated rings. The molecule has 3 aromatic rings. The number of nitrogens with one attached hydrogen (secondary N) is 3. The van der Waals surface area contributed by atoms with Gasteiger partial charge in [-0.1, -0.05) is 23.7 Å². The van der Waals surface area contributed by atoms with E-state index in [9.17, 15) is 14.0 Å². The summed E-state index contributed by atoms with van der Waals surface area (Å²) >= 11 is 12.0. The number of benzene rings is 1. The molecule has 182 valence electrons. The van der Waals surface area contributed by atoms with Crippen LogP contribution in [0.3, 0.4) is 0 Å². The minimum absolute atomic E-state index is 0.0833. The minimum Gasteiger partial charge on any atom is -0.488 e. The molecule has 2 aromatic heterocycles. The summed E-state index contributed by atoms with van der Waals surface area (Å²) in [5, 5.41) is 2.82. The van der Waals surface area contributed by atoms with Crippen molar-refractivity contribution in [1.82, 2.24) is 19.9 Å². The first kappa shape index (κ1) is 25.5. The van der Waals surface area contributed by atoms with Crippen molar-refractivity contribution >= 4 is 40.9 Å². The van der Waals surface area contributed by atoms with E-state index in [1.807, 2.05) is 13.0 Å². The van der Waals surface area contributed by atoms with Gasteiger partial charge in [-0.15, -0.1) is 0 Å². The summed E-state index contributed by atoms with van der Waals surface area (Å²) in [4.78, 5) is 29.6. The van der Waals surface area contributed by atoms with Gasteiger partial charge in [-0.3, -0.25) is 9.78 Å². The van der Waals surface area contributed by atoms with E-state index in [1.165, 1.54) is 0 Å². The van der Waals surface area contributed by atoms with E-state index in [4.69, 9.17) is 33.3 Å². The third kappa shape index (κ3) is 6.06. The molecule has 11 heteroatoms. The van der Waals surface area contributed by atoms with Crippen molar-refractivity contribution in [3.05, 3.63) is 67.6 Å². The lowest BCUT2D eigenvalue weighted by molar-refractivity contribution is 0.0531. The van der Waals surface area contributed by atoms with E-state index in [0.717, 1.165) is 5.56 Å². The number of hydrogen-bond donors (Lipinski definition) is 3. The number of aromatic nitrogens is 3. The van der Waals surface area contributed by atoms with Crippen molar-refractivity contribution < 1.29 is 18.7 Å². The fourth-order valence-corrected chi connectivity index (χ4v) is 3.76. The summed E-state index contributed by atoms with van der Waals surface area (Å²) in [7, 11) is 0. The number of carbonyl (C=O) groups excluding carboxylic acids is 1. The van der Waals surface area contributed by atoms with Gasteiger partial charge in [-0.2, -0.15) is 0 Å². The van der Waals surface area contributed by atoms with Crippen LogP contribution in [0.15, 0.2) is 41.1 Å². The second kappa shape index (κ2) is 10.4. The number of halogens is 2. The van der Waals surface area contributed by atoms with Gasteiger partial charge >= 0.3 is 6.09 Å². The molecule has 8 nitrogen and oxygen atoms in total. The molecular weight excluding hydrogens is 483 g/mol. The average molecular weight is 509 g/mol. The third-order valence-electron chi connectivity index (χ3n) is 4.80. The Morgan fingerprint density at radius 2 is 2.09 bits per heavy atom. The predicted octanol–water partition coefficient (Wildman–Crippen LogP) is 5.15. The van der Waals surface area contributed by atoms with Gasteiger partial charge in [0, 0.05) is 18.3 Å². The lowest BCUT2D eigenvalue weighted by Gasteiger charge is -2.20. The van der Waals surface area contributed by atoms with Crippen LogP contribution in [-0.2, 0) is 11.3 Å². The van der Waals surface area contributed by atoms with Crippen LogP contribution in [0.4, 0.5) is 9.18 Å². The number of aromatic amines is 2. The summed E-state index contributed by atoms with van der Waals surface area (Å²) in [6.45, 7) is 7.15. The molecule has 1 amide bonds. The van der Waals surface area contributed by atoms with Crippen LogP contribution in [0.25, 0.3) is 11.0 Å². The maximum atomic E-state index is 13.3. The lowest BCUT2D eigenvalue weighted by Crippen LogP contribution is -2.34. The number of ether oxygens (including phenoxy) is 2. The SMILES string of the molecule is Cc1c[nH]c2c(=O)[nH]c(=S)n(Cc3cccc(OC/C(=C/F)CNC(=O)OC(C)(C)C)c3Cl)c12. The molecule has 2 heterocycles. The number of H-pyrrole nitrogens is 2. The van der Waals surface area contributed by atoms with Gasteiger partial charge in [0.25, 0.3) is 5.56 Å². The van der Waals surface area contributed by atoms with Crippen molar-refractivity contribution in [1.29, 1.82) is 0 Å². The number of carbonyl (C=O) groups is 1. The number of fused-ring (bicyclic) bond motifs is 1. The summed E-state index contributed by atoms with van der Waals surface area (Å²) in [5.74, 6) is 0.341. The molecule has 0 radical (unpaired) electrons. The van der Waals surface area contributed by atoms with Crippen molar-refractivity contribution in [2.75, 3.05) is 13.2 Å². The van der Waals surface area contributed by atoms with E-state index in [2.05, 4.69) is 15.3 Å². The summed E-state index contributed by atoms with van der Waals surface area (Å²) in [6.07, 6.45) is 1.46. The Bertz CT molecular complexity index is 1350. The quantitative estimate of drug-likeness (QED) is 0.383. The predicted molar refractivity (Wildman–Crippen MR) is 132 cm³/mol. The molecule has 0 atom stereocenters. The minimum atomic E-state index is -0.659. The number of nitrogens with zero attached hydrogens (tertiary/aromatic N) is 1. The highest BCUT2D eigenvalue weighted by atomic mass is 35.5. The Labute approximate surface area is 205 Å². The highest BCUT2D eigenvalue weighted by Gasteiger charge is 2.17. The van der Waals surface area contributed by atoms with Gasteiger partial charge < -0.3 is 24.3 Å². The number of amides is 1. The Kier molecular flexibility index (Phi) is 7.83. The van der Waals surface area contributed by atoms with Crippen molar-refractivity contribution in [3.8, 4) is 5.75 Å². The number of rotatable bonds is 7. The molecule has 1 aromatic carbocycles. The van der Waals surface area contributed by atoms with E-state index in [0.29, 0.717) is 33.7 Å². The molecule has 34 heavy (non-hydrogen) atoms. The van der Waals surface area contributed by atoms with E-state index in [-0.39, 0.29) is 35.6 Å². The molecule has 3 rings (SSSR count). The first-order valence-electron chi connectivity index (χ1n) is 10.5. The molecule has 0 spiro atoms. The molecule has 0 saturated heterocycles. The molecule has 0 saturated carbocycles. The largest absolute Gasteiger partial charge is 0.488 e. The second-order valence-electron chi connectivity index (χ2n) is 8.68. The Hall–Kier alpha value is -3.11. The Morgan fingerprint density at radius 3 is 2.76 bits per heavy atom. The Morgan fingerprint density at radius 1 is 1.35 bits per heavy atom. The van der Waals surface area contributed by atoms with Gasteiger partial charge in [0.2, 0.25) is 0 Å². The maximum absolute atomic E-state index is 13.3. The van der Waals surface area contributed by atoms with Crippen molar-refractivity contribution in [2.45, 2.75) is 39.8 Å². The van der Waals surface area contributed by atoms with Crippen molar-refractivity contribution in [3.63, 3.8) is 0 Å². The molecule has 0 bridgehead atoms. The molecule has 0 unspecified atom stereocenters. The summed E-state index contributed by atoms with van der Waals surface area (Å²) in [6, 6.07) is 5.23. The number of aryl methyl sites for hydroxylation is 1. The summed E-state index contributed by atoms with van der Waals surface area (Å²) < 4.78 is 26.2. The average Bonchev–Trinajstić information content (AvgIpc) is 3.14. The van der Waals surface area contributed by atoms with E-state index < -0.39 is 11.7 Å². The highest BCUT2D eigenvalue weighted by molar-refractivity contribution is 7.71. The van der Waals surface area contributed by atoms with E-state index >= 15 is 0 Å². The van der Waals surface area contributed by atoms with Crippen LogP contribution in [0.1, 0.15) is 31.9 Å². The van der Waals surface area contributed by atoms with E-state index in [1.54, 1.807) is 43.7 Å². The zero-order valence-electron chi connectivity index (χ0n) is 19.3. The normalized spacial score (nSPS) is 12.1. The molecule has 0 aliphatic carbocycles. The maximum Gasteiger partial charge on any atom is 0.407 e. The zero-order chi connectivity index (χ0) is 25.0. The fourth-order valence-electron chi connectivity index (χ4n) is 3.27. The molecular formula is C23H26ClFN4O4S. The first-order chi connectivity index (χ1) is 16.0. The van der Waals surface area contributed by atoms with Gasteiger partial charge in [0.15, 0.2) is 4.77 Å². The standard InChI is InChI=1S/C23H26ClFN4O4S/c1-13-9-26-18-19(13)29(21(34)28-20(18)30)11-15-6-5-7-16(17(15)24)32-12-14(8-25)10-27-22(31)33-23(2,3)4/h5-9,26H,10-12H2,1-4H3,(H,27,31)(H,28,30,34)/b14-8+. The summed E-state index contributed by atoms with van der Waals surface area (Å²) in [5.41, 5.74) is 1.91. The smallest absolute Gasteiger partial charge is 0.407 e. The molecule has 0 aliphatic rings.